The van der Waals surface area contributed by atoms with Crippen LogP contribution in [0.1, 0.15) is 24.0 Å². The number of fused-ring (bicyclic) bond motifs is 2. The molecule has 1 amide bonds. The number of carbonyl (C=O) groups excluding carboxylic acids is 1. The van der Waals surface area contributed by atoms with Gasteiger partial charge in [-0.05, 0) is 42.0 Å². The molecule has 4 aromatic rings. The predicted molar refractivity (Wildman–Crippen MR) is 118 cm³/mol. The zero-order valence-electron chi connectivity index (χ0n) is 16.8. The van der Waals surface area contributed by atoms with Crippen LogP contribution in [0.5, 0.6) is 0 Å². The van der Waals surface area contributed by atoms with E-state index in [-0.39, 0.29) is 11.8 Å². The molecule has 1 fully saturated rings. The minimum atomic E-state index is 0.0416. The summed E-state index contributed by atoms with van der Waals surface area (Å²) < 4.78 is 1.76. The maximum atomic E-state index is 12.1. The predicted octanol–water partition coefficient (Wildman–Crippen LogP) is 3.47. The highest BCUT2D eigenvalue weighted by molar-refractivity contribution is 6.01. The van der Waals surface area contributed by atoms with Crippen LogP contribution in [0.25, 0.3) is 34.0 Å². The van der Waals surface area contributed by atoms with E-state index in [1.54, 1.807) is 10.9 Å². The Balaban J connectivity index is 1.53. The summed E-state index contributed by atoms with van der Waals surface area (Å²) in [5, 5.41) is 16.1. The minimum absolute atomic E-state index is 0.0416. The Morgan fingerprint density at radius 3 is 2.80 bits per heavy atom. The van der Waals surface area contributed by atoms with Gasteiger partial charge in [0.25, 0.3) is 0 Å². The minimum Gasteiger partial charge on any atom is -0.373 e. The number of nitrogens with one attached hydrogen (secondary N) is 2. The molecule has 0 radical (unpaired) electrons. The summed E-state index contributed by atoms with van der Waals surface area (Å²) in [5.74, 6) is 1.48. The Bertz CT molecular complexity index is 1300. The van der Waals surface area contributed by atoms with E-state index < -0.39 is 0 Å². The van der Waals surface area contributed by atoms with Crippen molar-refractivity contribution < 1.29 is 4.79 Å². The number of amides is 1. The van der Waals surface area contributed by atoms with Crippen LogP contribution in [0.4, 0.5) is 11.6 Å². The molecule has 0 spiro atoms. The van der Waals surface area contributed by atoms with Crippen molar-refractivity contribution in [3.05, 3.63) is 47.8 Å². The molecular formula is C22H21N7O. The number of hydrogen-bond donors (Lipinski definition) is 2. The number of aromatic nitrogens is 5. The van der Waals surface area contributed by atoms with Gasteiger partial charge in [-0.1, -0.05) is 23.4 Å². The summed E-state index contributed by atoms with van der Waals surface area (Å²) in [6, 6.07) is 7.92. The van der Waals surface area contributed by atoms with Crippen molar-refractivity contribution in [2.45, 2.75) is 12.8 Å². The molecule has 3 heterocycles. The van der Waals surface area contributed by atoms with E-state index in [1.807, 2.05) is 56.7 Å². The van der Waals surface area contributed by atoms with Crippen molar-refractivity contribution in [1.82, 2.24) is 25.0 Å². The third-order valence-corrected chi connectivity index (χ3v) is 5.33. The molecule has 30 heavy (non-hydrogen) atoms. The fraction of sp³-hybridized carbons (Fsp3) is 0.227. The highest BCUT2D eigenvalue weighted by Gasteiger charge is 2.29. The topological polar surface area (TPSA) is 97.6 Å². The van der Waals surface area contributed by atoms with Crippen LogP contribution in [-0.4, -0.2) is 37.9 Å². The molecule has 8 nitrogen and oxygen atoms in total. The molecule has 1 aliphatic carbocycles. The second-order valence-electron chi connectivity index (χ2n) is 7.49. The third kappa shape index (κ3) is 3.36. The Kier molecular flexibility index (Phi) is 4.39. The average Bonchev–Trinajstić information content (AvgIpc) is 3.56. The highest BCUT2D eigenvalue weighted by atomic mass is 16.2. The first-order valence-corrected chi connectivity index (χ1v) is 9.87. The standard InChI is InChI=1S/C22H21N7O/c1-23-21-17-12-24-20(26-22(30)14-6-7-14)10-16(17)15(11-25-21)5-3-13-4-8-18-19(9-13)29(2)28-27-18/h3-5,8-12,14H,6-7H2,1-2H3,(H,23,25)(H,24,26,30)/b5-3+. The Morgan fingerprint density at radius 2 is 2.00 bits per heavy atom. The fourth-order valence-electron chi connectivity index (χ4n) is 3.47. The smallest absolute Gasteiger partial charge is 0.228 e. The van der Waals surface area contributed by atoms with E-state index in [1.165, 1.54) is 0 Å². The summed E-state index contributed by atoms with van der Waals surface area (Å²) in [4.78, 5) is 21.1. The van der Waals surface area contributed by atoms with Gasteiger partial charge in [0, 0.05) is 43.4 Å². The van der Waals surface area contributed by atoms with Crippen LogP contribution in [0.3, 0.4) is 0 Å². The molecule has 0 atom stereocenters. The molecule has 0 saturated heterocycles. The van der Waals surface area contributed by atoms with Crippen molar-refractivity contribution in [2.24, 2.45) is 13.0 Å². The SMILES string of the molecule is CNc1ncc(/C=C/c2ccc3nnn(C)c3c2)c2cc(NC(=O)C3CC3)ncc12. The number of rotatable bonds is 5. The van der Waals surface area contributed by atoms with Gasteiger partial charge in [-0.2, -0.15) is 0 Å². The average molecular weight is 399 g/mol. The molecule has 2 N–H and O–H groups in total. The second-order valence-corrected chi connectivity index (χ2v) is 7.49. The molecule has 8 heteroatoms. The van der Waals surface area contributed by atoms with E-state index >= 15 is 0 Å². The summed E-state index contributed by atoms with van der Waals surface area (Å²) >= 11 is 0. The van der Waals surface area contributed by atoms with Gasteiger partial charge < -0.3 is 10.6 Å². The van der Waals surface area contributed by atoms with Crippen LogP contribution in [0.15, 0.2) is 36.7 Å². The number of aryl methyl sites for hydroxylation is 1. The maximum absolute atomic E-state index is 12.1. The van der Waals surface area contributed by atoms with Crippen LogP contribution >= 0.6 is 0 Å². The quantitative estimate of drug-likeness (QED) is 0.533. The Labute approximate surface area is 173 Å². The number of hydrogen-bond acceptors (Lipinski definition) is 6. The van der Waals surface area contributed by atoms with Gasteiger partial charge in [0.05, 0.1) is 5.52 Å². The molecular weight excluding hydrogens is 378 g/mol. The molecule has 150 valence electrons. The van der Waals surface area contributed by atoms with Crippen LogP contribution in [-0.2, 0) is 11.8 Å². The molecule has 0 unspecified atom stereocenters. The lowest BCUT2D eigenvalue weighted by molar-refractivity contribution is -0.117. The first-order chi connectivity index (χ1) is 14.6. The molecule has 0 aliphatic heterocycles. The number of carbonyl (C=O) groups is 1. The monoisotopic (exact) mass is 399 g/mol. The van der Waals surface area contributed by atoms with Crippen molar-refractivity contribution in [2.75, 3.05) is 17.7 Å². The Hall–Kier alpha value is -3.81. The molecule has 3 aromatic heterocycles. The largest absolute Gasteiger partial charge is 0.373 e. The normalized spacial score (nSPS) is 13.9. The van der Waals surface area contributed by atoms with Crippen LogP contribution < -0.4 is 10.6 Å². The van der Waals surface area contributed by atoms with E-state index in [4.69, 9.17) is 0 Å². The van der Waals surface area contributed by atoms with Crippen molar-refractivity contribution in [3.63, 3.8) is 0 Å². The fourth-order valence-corrected chi connectivity index (χ4v) is 3.47. The van der Waals surface area contributed by atoms with E-state index in [2.05, 4.69) is 30.9 Å². The summed E-state index contributed by atoms with van der Waals surface area (Å²) in [7, 11) is 3.71. The van der Waals surface area contributed by atoms with Crippen molar-refractivity contribution in [3.8, 4) is 0 Å². The van der Waals surface area contributed by atoms with Crippen molar-refractivity contribution >= 4 is 51.5 Å². The first kappa shape index (κ1) is 18.2. The van der Waals surface area contributed by atoms with Gasteiger partial charge in [-0.25, -0.2) is 14.6 Å². The number of pyridine rings is 2. The Morgan fingerprint density at radius 1 is 1.13 bits per heavy atom. The lowest BCUT2D eigenvalue weighted by Crippen LogP contribution is -2.14. The number of anilines is 2. The molecule has 1 saturated carbocycles. The number of nitrogens with zero attached hydrogens (tertiary/aromatic N) is 5. The highest BCUT2D eigenvalue weighted by Crippen LogP contribution is 2.31. The summed E-state index contributed by atoms with van der Waals surface area (Å²) in [6.07, 6.45) is 9.54. The second kappa shape index (κ2) is 7.22. The van der Waals surface area contributed by atoms with Gasteiger partial charge in [0.15, 0.2) is 0 Å². The van der Waals surface area contributed by atoms with Crippen molar-refractivity contribution in [1.29, 1.82) is 0 Å². The van der Waals surface area contributed by atoms with E-state index in [0.29, 0.717) is 5.82 Å². The maximum Gasteiger partial charge on any atom is 0.228 e. The first-order valence-electron chi connectivity index (χ1n) is 9.87. The van der Waals surface area contributed by atoms with E-state index in [9.17, 15) is 4.79 Å². The van der Waals surface area contributed by atoms with Gasteiger partial charge in [0.1, 0.15) is 17.2 Å². The van der Waals surface area contributed by atoms with Crippen LogP contribution in [0.2, 0.25) is 0 Å². The van der Waals surface area contributed by atoms with Gasteiger partial charge >= 0.3 is 0 Å². The summed E-state index contributed by atoms with van der Waals surface area (Å²) in [5.41, 5.74) is 3.81. The third-order valence-electron chi connectivity index (χ3n) is 5.33. The zero-order chi connectivity index (χ0) is 20.7. The molecule has 0 bridgehead atoms. The molecule has 1 aromatic carbocycles. The zero-order valence-corrected chi connectivity index (χ0v) is 16.8. The lowest BCUT2D eigenvalue weighted by atomic mass is 10.1. The number of benzene rings is 1. The van der Waals surface area contributed by atoms with Gasteiger partial charge in [-0.15, -0.1) is 5.10 Å². The van der Waals surface area contributed by atoms with Crippen LogP contribution in [0, 0.1) is 5.92 Å². The summed E-state index contributed by atoms with van der Waals surface area (Å²) in [6.45, 7) is 0. The molecule has 1 aliphatic rings. The van der Waals surface area contributed by atoms with Gasteiger partial charge in [0.2, 0.25) is 5.91 Å². The lowest BCUT2D eigenvalue weighted by Gasteiger charge is -2.10. The molecule has 5 rings (SSSR count). The van der Waals surface area contributed by atoms with E-state index in [0.717, 1.165) is 51.6 Å². The van der Waals surface area contributed by atoms with Gasteiger partial charge in [-0.3, -0.25) is 4.79 Å².